The quantitative estimate of drug-likeness (QED) is 0.0983. The summed E-state index contributed by atoms with van der Waals surface area (Å²) in [5, 5.41) is 3.46. The van der Waals surface area contributed by atoms with Crippen LogP contribution in [0.4, 0.5) is 0 Å². The van der Waals surface area contributed by atoms with Crippen molar-refractivity contribution in [3.63, 3.8) is 0 Å². The second-order valence-corrected chi connectivity index (χ2v) is 23.6. The summed E-state index contributed by atoms with van der Waals surface area (Å²) >= 11 is 0. The third-order valence-corrected chi connectivity index (χ3v) is 13.3. The van der Waals surface area contributed by atoms with Crippen LogP contribution in [-0.2, 0) is 19.2 Å². The van der Waals surface area contributed by atoms with Crippen LogP contribution in [0.3, 0.4) is 0 Å². The summed E-state index contributed by atoms with van der Waals surface area (Å²) in [5.41, 5.74) is -0.111. The normalized spacial score (nSPS) is 13.5. The van der Waals surface area contributed by atoms with Gasteiger partial charge in [-0.05, 0) is 50.4 Å². The second kappa shape index (κ2) is 22.6. The minimum absolute atomic E-state index is 0.0839. The van der Waals surface area contributed by atoms with Crippen LogP contribution in [0.15, 0.2) is 0 Å². The summed E-state index contributed by atoms with van der Waals surface area (Å²) in [6.07, 6.45) is 6.94. The molecule has 0 heterocycles. The van der Waals surface area contributed by atoms with Gasteiger partial charge in [0.25, 0.3) is 0 Å². The van der Waals surface area contributed by atoms with Crippen LogP contribution in [-0.4, -0.2) is 51.3 Å². The van der Waals surface area contributed by atoms with Gasteiger partial charge in [-0.1, -0.05) is 133 Å². The Morgan fingerprint density at radius 3 is 1.67 bits per heavy atom. The Hall–Kier alpha value is -0.120. The monoisotopic (exact) mass is 721 g/mol. The highest BCUT2D eigenvalue weighted by atomic mass is 33.1. The van der Waals surface area contributed by atoms with Gasteiger partial charge in [0.05, 0.1) is 0 Å². The average Bonchev–Trinajstić information content (AvgIpc) is 2.85. The molecule has 0 aliphatic carbocycles. The van der Waals surface area contributed by atoms with Crippen molar-refractivity contribution in [2.75, 3.05) is 18.1 Å². The Bertz CT molecular complexity index is 906. The van der Waals surface area contributed by atoms with Crippen molar-refractivity contribution in [1.29, 1.82) is 0 Å². The SMILES string of the molecule is CC(C)(C)CCNC(=O)CCCSSC(C)(C)CCC(=O)C(C)(C)C.CC(CCC(=O)CC(C)(C)C)SSCCC(=O)C(C)(C)C. The minimum atomic E-state index is -0.242. The predicted molar refractivity (Wildman–Crippen MR) is 211 cm³/mol. The summed E-state index contributed by atoms with van der Waals surface area (Å²) < 4.78 is 0.0839. The molecule has 1 N–H and O–H groups in total. The Balaban J connectivity index is 0. The Morgan fingerprint density at radius 2 is 1.17 bits per heavy atom. The number of hydrogen-bond donors (Lipinski definition) is 1. The lowest BCUT2D eigenvalue weighted by molar-refractivity contribution is -0.126. The third kappa shape index (κ3) is 31.2. The highest BCUT2D eigenvalue weighted by molar-refractivity contribution is 8.77. The van der Waals surface area contributed by atoms with Gasteiger partial charge in [-0.3, -0.25) is 19.2 Å². The average molecular weight is 722 g/mol. The molecule has 0 aromatic carbocycles. The molecule has 9 heteroatoms. The lowest BCUT2D eigenvalue weighted by Gasteiger charge is -2.25. The van der Waals surface area contributed by atoms with Crippen molar-refractivity contribution in [2.24, 2.45) is 21.7 Å². The van der Waals surface area contributed by atoms with E-state index in [1.54, 1.807) is 21.6 Å². The number of nitrogens with one attached hydrogen (secondary N) is 1. The molecule has 1 amide bonds. The van der Waals surface area contributed by atoms with Crippen molar-refractivity contribution >= 4 is 66.4 Å². The number of rotatable bonds is 20. The molecule has 1 unspecified atom stereocenters. The number of ketones is 3. The number of carbonyl (C=O) groups is 4. The topological polar surface area (TPSA) is 80.3 Å². The molecule has 5 nitrogen and oxygen atoms in total. The maximum Gasteiger partial charge on any atom is 0.220 e. The smallest absolute Gasteiger partial charge is 0.220 e. The molecule has 272 valence electrons. The fourth-order valence-corrected chi connectivity index (χ4v) is 8.75. The molecular weight excluding hydrogens is 651 g/mol. The van der Waals surface area contributed by atoms with E-state index in [1.165, 1.54) is 0 Å². The van der Waals surface area contributed by atoms with Crippen molar-refractivity contribution in [1.82, 2.24) is 5.32 Å². The first-order valence-electron chi connectivity index (χ1n) is 17.1. The molecule has 0 aromatic heterocycles. The maximum absolute atomic E-state index is 12.1. The number of Topliss-reactive ketones (excluding diaryl/α,β-unsaturated/α-hetero) is 3. The van der Waals surface area contributed by atoms with E-state index in [9.17, 15) is 19.2 Å². The van der Waals surface area contributed by atoms with Gasteiger partial charge < -0.3 is 5.32 Å². The molecule has 46 heavy (non-hydrogen) atoms. The Labute approximate surface area is 300 Å². The second-order valence-electron chi connectivity index (χ2n) is 17.6. The molecule has 0 saturated heterocycles. The molecule has 0 spiro atoms. The zero-order valence-corrected chi connectivity index (χ0v) is 35.6. The van der Waals surface area contributed by atoms with E-state index in [0.29, 0.717) is 54.7 Å². The number of hydrogen-bond acceptors (Lipinski definition) is 8. The molecule has 1 atom stereocenters. The Morgan fingerprint density at radius 1 is 0.630 bits per heavy atom. The third-order valence-electron chi connectivity index (χ3n) is 6.94. The zero-order valence-electron chi connectivity index (χ0n) is 32.3. The lowest BCUT2D eigenvalue weighted by atomic mass is 9.87. The van der Waals surface area contributed by atoms with E-state index in [1.807, 2.05) is 63.1 Å². The van der Waals surface area contributed by atoms with E-state index in [2.05, 4.69) is 67.6 Å². The minimum Gasteiger partial charge on any atom is -0.356 e. The zero-order chi connectivity index (χ0) is 36.4. The molecule has 0 bridgehead atoms. The summed E-state index contributed by atoms with van der Waals surface area (Å²) in [5.74, 6) is 3.00. The van der Waals surface area contributed by atoms with Crippen LogP contribution in [0.25, 0.3) is 0 Å². The highest BCUT2D eigenvalue weighted by Gasteiger charge is 2.26. The van der Waals surface area contributed by atoms with Gasteiger partial charge in [0.2, 0.25) is 5.91 Å². The molecule has 0 aromatic rings. The first-order valence-corrected chi connectivity index (χ1v) is 21.8. The van der Waals surface area contributed by atoms with E-state index >= 15 is 0 Å². The molecule has 0 fully saturated rings. The van der Waals surface area contributed by atoms with Gasteiger partial charge in [-0.25, -0.2) is 0 Å². The van der Waals surface area contributed by atoms with Gasteiger partial charge in [-0.15, -0.1) is 0 Å². The van der Waals surface area contributed by atoms with Gasteiger partial charge in [0.15, 0.2) is 0 Å². The largest absolute Gasteiger partial charge is 0.356 e. The van der Waals surface area contributed by atoms with Crippen molar-refractivity contribution in [3.05, 3.63) is 0 Å². The van der Waals surface area contributed by atoms with Crippen molar-refractivity contribution in [3.8, 4) is 0 Å². The summed E-state index contributed by atoms with van der Waals surface area (Å²) in [7, 11) is 7.21. The van der Waals surface area contributed by atoms with Gasteiger partial charge in [-0.2, -0.15) is 0 Å². The summed E-state index contributed by atoms with van der Waals surface area (Å²) in [6.45, 7) is 32.0. The van der Waals surface area contributed by atoms with Crippen LogP contribution in [0.5, 0.6) is 0 Å². The van der Waals surface area contributed by atoms with E-state index in [0.717, 1.165) is 43.7 Å². The molecule has 0 saturated carbocycles. The van der Waals surface area contributed by atoms with Gasteiger partial charge in [0, 0.05) is 71.0 Å². The fraction of sp³-hybridized carbons (Fsp3) is 0.892. The summed E-state index contributed by atoms with van der Waals surface area (Å²) in [4.78, 5) is 47.5. The van der Waals surface area contributed by atoms with E-state index in [-0.39, 0.29) is 32.3 Å². The van der Waals surface area contributed by atoms with Crippen LogP contribution >= 0.6 is 43.2 Å². The van der Waals surface area contributed by atoms with Crippen molar-refractivity contribution < 1.29 is 19.2 Å². The molecule has 0 aliphatic rings. The molecular formula is C37H71NO4S4. The van der Waals surface area contributed by atoms with Crippen LogP contribution in [0.2, 0.25) is 0 Å². The highest BCUT2D eigenvalue weighted by Crippen LogP contribution is 2.40. The maximum atomic E-state index is 12.1. The lowest BCUT2D eigenvalue weighted by Crippen LogP contribution is -2.27. The fourth-order valence-electron chi connectivity index (χ4n) is 3.76. The summed E-state index contributed by atoms with van der Waals surface area (Å²) in [6, 6.07) is 0. The number of carbonyl (C=O) groups excluding carboxylic acids is 4. The first kappa shape index (κ1) is 48.0. The van der Waals surface area contributed by atoms with Crippen molar-refractivity contribution in [2.45, 2.75) is 172 Å². The molecule has 0 aliphatic heterocycles. The standard InChI is InChI=1S/C20H39NO2S2.C17H32O2S2/c1-18(2,3)13-14-21-17(23)10-9-15-24-25-20(7,8)12-11-16(22)19(4,5)6;1-13(8-9-14(18)12-16(2,3)4)21-20-11-10-15(19)17(5,6)7/h9-15H2,1-8H3,(H,21,23);13H,8-12H2,1-7H3. The molecule has 0 radical (unpaired) electrons. The van der Waals surface area contributed by atoms with Crippen LogP contribution in [0.1, 0.15) is 162 Å². The van der Waals surface area contributed by atoms with Crippen LogP contribution < -0.4 is 5.32 Å². The molecule has 0 rings (SSSR count). The number of amides is 1. The first-order chi connectivity index (χ1) is 20.6. The van der Waals surface area contributed by atoms with Gasteiger partial charge >= 0.3 is 0 Å². The van der Waals surface area contributed by atoms with E-state index < -0.39 is 0 Å². The van der Waals surface area contributed by atoms with Crippen LogP contribution in [0, 0.1) is 21.7 Å². The predicted octanol–water partition coefficient (Wildman–Crippen LogP) is 11.4. The van der Waals surface area contributed by atoms with E-state index in [4.69, 9.17) is 0 Å². The Kier molecular flexibility index (Phi) is 23.5. The van der Waals surface area contributed by atoms with Gasteiger partial charge in [0.1, 0.15) is 17.3 Å².